The second-order valence-corrected chi connectivity index (χ2v) is 6.87. The molecule has 0 aliphatic carbocycles. The normalized spacial score (nSPS) is 11.9. The van der Waals surface area contributed by atoms with Gasteiger partial charge in [-0.2, -0.15) is 0 Å². The van der Waals surface area contributed by atoms with Crippen molar-refractivity contribution in [2.24, 2.45) is 0 Å². The molecule has 0 spiro atoms. The monoisotopic (exact) mass is 373 g/mol. The van der Waals surface area contributed by atoms with Crippen molar-refractivity contribution < 1.29 is 23.1 Å². The number of halogens is 2. The number of ether oxygens (including phenoxy) is 1. The summed E-state index contributed by atoms with van der Waals surface area (Å²) in [5.74, 6) is -2.35. The molecule has 0 aliphatic heterocycles. The quantitative estimate of drug-likeness (QED) is 0.467. The predicted octanol–water partition coefficient (Wildman–Crippen LogP) is 4.92. The summed E-state index contributed by atoms with van der Waals surface area (Å²) in [6, 6.07) is 1.96. The van der Waals surface area contributed by atoms with Crippen molar-refractivity contribution >= 4 is 29.3 Å². The highest BCUT2D eigenvalue weighted by Crippen LogP contribution is 2.33. The van der Waals surface area contributed by atoms with E-state index in [4.69, 9.17) is 4.74 Å². The highest BCUT2D eigenvalue weighted by Gasteiger charge is 2.23. The molecule has 0 aromatic heterocycles. The summed E-state index contributed by atoms with van der Waals surface area (Å²) >= 11 is 0.994. The van der Waals surface area contributed by atoms with Crippen LogP contribution in [0.25, 0.3) is 0 Å². The van der Waals surface area contributed by atoms with Crippen LogP contribution in [0.3, 0.4) is 0 Å². The third kappa shape index (κ3) is 7.02. The molecule has 0 heterocycles. The van der Waals surface area contributed by atoms with Crippen LogP contribution >= 0.6 is 11.8 Å². The van der Waals surface area contributed by atoms with Gasteiger partial charge in [-0.25, -0.2) is 8.78 Å². The number of rotatable bonds is 10. The molecule has 0 aliphatic rings. The Morgan fingerprint density at radius 3 is 2.44 bits per heavy atom. The zero-order valence-corrected chi connectivity index (χ0v) is 15.7. The molecular weight excluding hydrogens is 348 g/mol. The van der Waals surface area contributed by atoms with Crippen LogP contribution in [0.4, 0.5) is 14.5 Å². The Balaban J connectivity index is 2.97. The van der Waals surface area contributed by atoms with E-state index < -0.39 is 22.9 Å². The van der Waals surface area contributed by atoms with Gasteiger partial charge in [0.15, 0.2) is 0 Å². The Morgan fingerprint density at radius 2 is 1.84 bits per heavy atom. The van der Waals surface area contributed by atoms with Gasteiger partial charge >= 0.3 is 5.97 Å². The first-order chi connectivity index (χ1) is 11.9. The number of thioether (sulfide) groups is 1. The lowest BCUT2D eigenvalue weighted by Gasteiger charge is -2.16. The molecule has 140 valence electrons. The summed E-state index contributed by atoms with van der Waals surface area (Å²) in [6.07, 6.45) is 2.82. The van der Waals surface area contributed by atoms with Crippen molar-refractivity contribution in [1.29, 1.82) is 0 Å². The van der Waals surface area contributed by atoms with Gasteiger partial charge in [-0.1, -0.05) is 27.2 Å². The number of amides is 1. The molecule has 1 rings (SSSR count). The van der Waals surface area contributed by atoms with Crippen LogP contribution in [0, 0.1) is 11.6 Å². The van der Waals surface area contributed by atoms with E-state index in [0.29, 0.717) is 25.9 Å². The molecule has 0 saturated carbocycles. The zero-order valence-electron chi connectivity index (χ0n) is 14.9. The van der Waals surface area contributed by atoms with Gasteiger partial charge in [-0.15, -0.1) is 11.8 Å². The highest BCUT2D eigenvalue weighted by molar-refractivity contribution is 8.00. The maximum absolute atomic E-state index is 14.1. The summed E-state index contributed by atoms with van der Waals surface area (Å²) in [4.78, 5) is 23.9. The summed E-state index contributed by atoms with van der Waals surface area (Å²) in [6.45, 7) is 5.95. The van der Waals surface area contributed by atoms with Gasteiger partial charge in [0, 0.05) is 17.4 Å². The maximum Gasteiger partial charge on any atom is 0.319 e. The van der Waals surface area contributed by atoms with E-state index in [9.17, 15) is 18.4 Å². The SMILES string of the molecule is CCCOC(=O)C(CCC)Sc1cc(NC(=O)CCC)c(F)cc1F. The van der Waals surface area contributed by atoms with Gasteiger partial charge in [-0.3, -0.25) is 9.59 Å². The standard InChI is InChI=1S/C18H25F2NO3S/c1-4-7-15(18(23)24-9-6-3)25-16-11-14(12(19)10-13(16)20)21-17(22)8-5-2/h10-11,15H,4-9H2,1-3H3,(H,21,22). The van der Waals surface area contributed by atoms with E-state index in [2.05, 4.69) is 5.32 Å². The molecule has 1 atom stereocenters. The number of hydrogen-bond acceptors (Lipinski definition) is 4. The third-order valence-electron chi connectivity index (χ3n) is 3.30. The maximum atomic E-state index is 14.1. The van der Waals surface area contributed by atoms with E-state index in [-0.39, 0.29) is 22.9 Å². The van der Waals surface area contributed by atoms with Crippen molar-refractivity contribution in [3.8, 4) is 0 Å². The molecule has 0 fully saturated rings. The zero-order chi connectivity index (χ0) is 18.8. The lowest BCUT2D eigenvalue weighted by molar-refractivity contribution is -0.143. The van der Waals surface area contributed by atoms with Gasteiger partial charge in [0.25, 0.3) is 0 Å². The first-order valence-electron chi connectivity index (χ1n) is 8.55. The Morgan fingerprint density at radius 1 is 1.12 bits per heavy atom. The van der Waals surface area contributed by atoms with Crippen molar-refractivity contribution in [3.05, 3.63) is 23.8 Å². The van der Waals surface area contributed by atoms with Crippen LogP contribution in [0.2, 0.25) is 0 Å². The molecule has 1 amide bonds. The van der Waals surface area contributed by atoms with Crippen molar-refractivity contribution in [2.75, 3.05) is 11.9 Å². The average Bonchev–Trinajstić information content (AvgIpc) is 2.56. The van der Waals surface area contributed by atoms with E-state index in [1.807, 2.05) is 20.8 Å². The number of benzene rings is 1. The highest BCUT2D eigenvalue weighted by atomic mass is 32.2. The molecule has 25 heavy (non-hydrogen) atoms. The van der Waals surface area contributed by atoms with E-state index >= 15 is 0 Å². The molecular formula is C18H25F2NO3S. The second kappa shape index (κ2) is 11.1. The Kier molecular flexibility index (Phi) is 9.49. The topological polar surface area (TPSA) is 55.4 Å². The minimum Gasteiger partial charge on any atom is -0.465 e. The molecule has 4 nitrogen and oxygen atoms in total. The number of nitrogens with one attached hydrogen (secondary N) is 1. The molecule has 7 heteroatoms. The van der Waals surface area contributed by atoms with Crippen LogP contribution in [0.1, 0.15) is 52.9 Å². The first-order valence-corrected chi connectivity index (χ1v) is 9.42. The van der Waals surface area contributed by atoms with Gasteiger partial charge < -0.3 is 10.1 Å². The van der Waals surface area contributed by atoms with E-state index in [1.54, 1.807) is 0 Å². The lowest BCUT2D eigenvalue weighted by Crippen LogP contribution is -2.21. The minimum absolute atomic E-state index is 0.0838. The molecule has 0 saturated heterocycles. The number of hydrogen-bond donors (Lipinski definition) is 1. The first kappa shape index (κ1) is 21.4. The summed E-state index contributed by atoms with van der Waals surface area (Å²) < 4.78 is 33.1. The van der Waals surface area contributed by atoms with E-state index in [1.165, 1.54) is 6.07 Å². The number of carbonyl (C=O) groups excluding carboxylic acids is 2. The van der Waals surface area contributed by atoms with Gasteiger partial charge in [0.1, 0.15) is 16.9 Å². The van der Waals surface area contributed by atoms with Crippen LogP contribution in [0.5, 0.6) is 0 Å². The molecule has 1 unspecified atom stereocenters. The largest absolute Gasteiger partial charge is 0.465 e. The molecule has 0 bridgehead atoms. The second-order valence-electron chi connectivity index (χ2n) is 5.62. The van der Waals surface area contributed by atoms with Crippen molar-refractivity contribution in [1.82, 2.24) is 0 Å². The number of anilines is 1. The van der Waals surface area contributed by atoms with Gasteiger partial charge in [-0.05, 0) is 25.3 Å². The lowest BCUT2D eigenvalue weighted by atomic mass is 10.2. The fraction of sp³-hybridized carbons (Fsp3) is 0.556. The molecule has 1 aromatic rings. The summed E-state index contributed by atoms with van der Waals surface area (Å²) in [5.41, 5.74) is -0.0838. The Bertz CT molecular complexity index is 596. The Hall–Kier alpha value is -1.63. The number of carbonyl (C=O) groups is 2. The van der Waals surface area contributed by atoms with Gasteiger partial charge in [0.05, 0.1) is 12.3 Å². The van der Waals surface area contributed by atoms with Crippen LogP contribution in [-0.2, 0) is 14.3 Å². The van der Waals surface area contributed by atoms with Crippen LogP contribution < -0.4 is 5.32 Å². The molecule has 1 N–H and O–H groups in total. The minimum atomic E-state index is -0.841. The van der Waals surface area contributed by atoms with Crippen molar-refractivity contribution in [2.45, 2.75) is 63.0 Å². The fourth-order valence-electron chi connectivity index (χ4n) is 2.09. The predicted molar refractivity (Wildman–Crippen MR) is 95.7 cm³/mol. The Labute approximate surface area is 151 Å². The third-order valence-corrected chi connectivity index (χ3v) is 4.58. The number of esters is 1. The van der Waals surface area contributed by atoms with Crippen LogP contribution in [-0.4, -0.2) is 23.7 Å². The average molecular weight is 373 g/mol. The summed E-state index contributed by atoms with van der Waals surface area (Å²) in [7, 11) is 0. The van der Waals surface area contributed by atoms with E-state index in [0.717, 1.165) is 24.2 Å². The van der Waals surface area contributed by atoms with Gasteiger partial charge in [0.2, 0.25) is 5.91 Å². The fourth-order valence-corrected chi connectivity index (χ4v) is 3.27. The van der Waals surface area contributed by atoms with Crippen molar-refractivity contribution in [3.63, 3.8) is 0 Å². The molecule has 1 aromatic carbocycles. The molecule has 0 radical (unpaired) electrons. The smallest absolute Gasteiger partial charge is 0.319 e. The summed E-state index contributed by atoms with van der Waals surface area (Å²) in [5, 5.41) is 1.86. The van der Waals surface area contributed by atoms with Crippen LogP contribution in [0.15, 0.2) is 17.0 Å².